The van der Waals surface area contributed by atoms with E-state index in [9.17, 15) is 18.0 Å². The number of pyridine rings is 1. The third-order valence-corrected chi connectivity index (χ3v) is 2.98. The normalized spacial score (nSPS) is 11.8. The van der Waals surface area contributed by atoms with Gasteiger partial charge >= 0.3 is 6.18 Å². The first kappa shape index (κ1) is 13.4. The molecule has 3 rings (SSSR count). The van der Waals surface area contributed by atoms with E-state index in [1.807, 2.05) is 0 Å². The van der Waals surface area contributed by atoms with Crippen LogP contribution in [-0.2, 0) is 6.18 Å². The zero-order valence-corrected chi connectivity index (χ0v) is 10.5. The van der Waals surface area contributed by atoms with Gasteiger partial charge in [0, 0.05) is 17.8 Å². The summed E-state index contributed by atoms with van der Waals surface area (Å²) in [7, 11) is 0. The summed E-state index contributed by atoms with van der Waals surface area (Å²) in [4.78, 5) is 15.8. The molecule has 0 amide bonds. The maximum Gasteiger partial charge on any atom is 0.416 e. The van der Waals surface area contributed by atoms with Gasteiger partial charge in [-0.3, -0.25) is 4.79 Å². The second-order valence-corrected chi connectivity index (χ2v) is 4.40. The molecule has 0 unspecified atom stereocenters. The second kappa shape index (κ2) is 4.73. The Kier molecular flexibility index (Phi) is 3.01. The highest BCUT2D eigenvalue weighted by Gasteiger charge is 2.30. The lowest BCUT2D eigenvalue weighted by Crippen LogP contribution is -2.04. The Labute approximate surface area is 116 Å². The molecule has 0 radical (unpaired) electrons. The van der Waals surface area contributed by atoms with E-state index in [-0.39, 0.29) is 16.7 Å². The summed E-state index contributed by atoms with van der Waals surface area (Å²) in [5.74, 6) is 0.203. The lowest BCUT2D eigenvalue weighted by molar-refractivity contribution is -0.137. The Morgan fingerprint density at radius 3 is 2.43 bits per heavy atom. The lowest BCUT2D eigenvalue weighted by Gasteiger charge is -2.07. The van der Waals surface area contributed by atoms with Crippen LogP contribution in [0, 0.1) is 0 Å². The van der Waals surface area contributed by atoms with Crippen LogP contribution in [0.2, 0.25) is 0 Å². The first-order chi connectivity index (χ1) is 9.95. The molecule has 0 saturated carbocycles. The molecule has 21 heavy (non-hydrogen) atoms. The second-order valence-electron chi connectivity index (χ2n) is 4.40. The van der Waals surface area contributed by atoms with Gasteiger partial charge in [0.2, 0.25) is 5.43 Å². The molecule has 0 bridgehead atoms. The minimum absolute atomic E-state index is 0.188. The fraction of sp³-hybridized carbons (Fsp3) is 0.0667. The van der Waals surface area contributed by atoms with E-state index in [1.165, 1.54) is 24.4 Å². The van der Waals surface area contributed by atoms with Gasteiger partial charge in [-0.1, -0.05) is 12.1 Å². The summed E-state index contributed by atoms with van der Waals surface area (Å²) >= 11 is 0. The number of halogens is 3. The molecule has 0 aliphatic carbocycles. The topological polar surface area (TPSA) is 43.1 Å². The SMILES string of the molecule is O=c1cc(-c2ccc(C(F)(F)F)cc2)oc2cccnc12. The van der Waals surface area contributed by atoms with Crippen LogP contribution in [0.25, 0.3) is 22.4 Å². The molecular formula is C15H8F3NO2. The summed E-state index contributed by atoms with van der Waals surface area (Å²) in [6, 6.07) is 8.84. The highest BCUT2D eigenvalue weighted by molar-refractivity contribution is 5.74. The molecule has 0 aliphatic rings. The maximum atomic E-state index is 12.5. The molecule has 0 N–H and O–H groups in total. The summed E-state index contributed by atoms with van der Waals surface area (Å²) in [5, 5.41) is 0. The van der Waals surface area contributed by atoms with E-state index in [1.54, 1.807) is 12.1 Å². The predicted octanol–water partition coefficient (Wildman–Crippen LogP) is 3.87. The van der Waals surface area contributed by atoms with Gasteiger partial charge in [0.25, 0.3) is 0 Å². The molecular weight excluding hydrogens is 283 g/mol. The molecule has 0 spiro atoms. The van der Waals surface area contributed by atoms with E-state index in [2.05, 4.69) is 4.98 Å². The zero-order chi connectivity index (χ0) is 15.0. The van der Waals surface area contributed by atoms with E-state index < -0.39 is 11.7 Å². The van der Waals surface area contributed by atoms with Crippen molar-refractivity contribution >= 4 is 11.1 Å². The fourth-order valence-electron chi connectivity index (χ4n) is 1.96. The molecule has 3 nitrogen and oxygen atoms in total. The number of aromatic nitrogens is 1. The van der Waals surface area contributed by atoms with E-state index in [4.69, 9.17) is 4.42 Å². The van der Waals surface area contributed by atoms with Crippen molar-refractivity contribution in [1.29, 1.82) is 0 Å². The minimum Gasteiger partial charge on any atom is -0.454 e. The average Bonchev–Trinajstić information content (AvgIpc) is 2.46. The third-order valence-electron chi connectivity index (χ3n) is 2.98. The minimum atomic E-state index is -4.40. The van der Waals surface area contributed by atoms with Crippen LogP contribution in [0.5, 0.6) is 0 Å². The number of hydrogen-bond acceptors (Lipinski definition) is 3. The van der Waals surface area contributed by atoms with Crippen molar-refractivity contribution in [2.45, 2.75) is 6.18 Å². The number of fused-ring (bicyclic) bond motifs is 1. The van der Waals surface area contributed by atoms with Crippen LogP contribution >= 0.6 is 0 Å². The van der Waals surface area contributed by atoms with Gasteiger partial charge < -0.3 is 4.42 Å². The van der Waals surface area contributed by atoms with E-state index in [0.29, 0.717) is 11.1 Å². The van der Waals surface area contributed by atoms with Crippen LogP contribution in [0.3, 0.4) is 0 Å². The monoisotopic (exact) mass is 291 g/mol. The van der Waals surface area contributed by atoms with E-state index >= 15 is 0 Å². The van der Waals surface area contributed by atoms with Crippen LogP contribution in [0.15, 0.2) is 57.9 Å². The highest BCUT2D eigenvalue weighted by Crippen LogP contribution is 2.31. The summed E-state index contributed by atoms with van der Waals surface area (Å²) < 4.78 is 43.0. The molecule has 3 aromatic rings. The summed E-state index contributed by atoms with van der Waals surface area (Å²) in [6.45, 7) is 0. The Bertz CT molecular complexity index is 851. The average molecular weight is 291 g/mol. The van der Waals surface area contributed by atoms with Crippen LogP contribution in [0.4, 0.5) is 13.2 Å². The molecule has 2 aromatic heterocycles. The van der Waals surface area contributed by atoms with Crippen molar-refractivity contribution in [2.75, 3.05) is 0 Å². The van der Waals surface area contributed by atoms with Gasteiger partial charge in [-0.25, -0.2) is 4.98 Å². The summed E-state index contributed by atoms with van der Waals surface area (Å²) in [5.41, 5.74) is -0.221. The highest BCUT2D eigenvalue weighted by atomic mass is 19.4. The van der Waals surface area contributed by atoms with Crippen molar-refractivity contribution in [3.63, 3.8) is 0 Å². The van der Waals surface area contributed by atoms with Gasteiger partial charge in [0.15, 0.2) is 11.1 Å². The number of nitrogens with zero attached hydrogens (tertiary/aromatic N) is 1. The van der Waals surface area contributed by atoms with Gasteiger partial charge in [-0.2, -0.15) is 13.2 Å². The van der Waals surface area contributed by atoms with Crippen molar-refractivity contribution in [3.05, 3.63) is 64.4 Å². The van der Waals surface area contributed by atoms with Crippen molar-refractivity contribution < 1.29 is 17.6 Å². The largest absolute Gasteiger partial charge is 0.454 e. The van der Waals surface area contributed by atoms with Crippen LogP contribution < -0.4 is 5.43 Å². The van der Waals surface area contributed by atoms with Gasteiger partial charge in [0.1, 0.15) is 5.76 Å². The molecule has 1 aromatic carbocycles. The summed E-state index contributed by atoms with van der Waals surface area (Å²) in [6.07, 6.45) is -2.93. The van der Waals surface area contributed by atoms with Gasteiger partial charge in [-0.15, -0.1) is 0 Å². The lowest BCUT2D eigenvalue weighted by atomic mass is 10.1. The smallest absolute Gasteiger partial charge is 0.416 e. The Morgan fingerprint density at radius 2 is 1.76 bits per heavy atom. The van der Waals surface area contributed by atoms with Gasteiger partial charge in [-0.05, 0) is 24.3 Å². The first-order valence-electron chi connectivity index (χ1n) is 6.02. The number of alkyl halides is 3. The quantitative estimate of drug-likeness (QED) is 0.683. The Morgan fingerprint density at radius 1 is 1.05 bits per heavy atom. The predicted molar refractivity (Wildman–Crippen MR) is 70.7 cm³/mol. The van der Waals surface area contributed by atoms with E-state index in [0.717, 1.165) is 12.1 Å². The van der Waals surface area contributed by atoms with Crippen LogP contribution in [0.1, 0.15) is 5.56 Å². The molecule has 0 fully saturated rings. The molecule has 2 heterocycles. The first-order valence-corrected chi connectivity index (χ1v) is 6.02. The molecule has 106 valence electrons. The molecule has 6 heteroatoms. The van der Waals surface area contributed by atoms with Crippen molar-refractivity contribution in [2.24, 2.45) is 0 Å². The number of hydrogen-bond donors (Lipinski definition) is 0. The Balaban J connectivity index is 2.10. The van der Waals surface area contributed by atoms with Crippen molar-refractivity contribution in [3.8, 4) is 11.3 Å². The van der Waals surface area contributed by atoms with Crippen LogP contribution in [-0.4, -0.2) is 4.98 Å². The maximum absolute atomic E-state index is 12.5. The number of benzene rings is 1. The van der Waals surface area contributed by atoms with Gasteiger partial charge in [0.05, 0.1) is 5.56 Å². The zero-order valence-electron chi connectivity index (χ0n) is 10.5. The molecule has 0 saturated heterocycles. The Hall–Kier alpha value is -2.63. The van der Waals surface area contributed by atoms with Crippen molar-refractivity contribution in [1.82, 2.24) is 4.98 Å². The third kappa shape index (κ3) is 2.52. The molecule has 0 aliphatic heterocycles. The molecule has 0 atom stereocenters. The number of rotatable bonds is 1. The fourth-order valence-corrected chi connectivity index (χ4v) is 1.96. The standard InChI is InChI=1S/C15H8F3NO2/c16-15(17,18)10-5-3-9(4-6-10)13-8-11(20)14-12(21-13)2-1-7-19-14/h1-8H.